The molecule has 1 fully saturated rings. The summed E-state index contributed by atoms with van der Waals surface area (Å²) in [5, 5.41) is 2.67. The van der Waals surface area contributed by atoms with Gasteiger partial charge in [0.2, 0.25) is 17.6 Å². The predicted octanol–water partition coefficient (Wildman–Crippen LogP) is 2.95. The van der Waals surface area contributed by atoms with Crippen molar-refractivity contribution in [3.8, 4) is 11.5 Å². The number of rotatable bonds is 2. The monoisotopic (exact) mass is 345 g/mol. The van der Waals surface area contributed by atoms with E-state index >= 15 is 0 Å². The predicted molar refractivity (Wildman–Crippen MR) is 90.5 cm³/mol. The Balaban J connectivity index is 1.74. The molecular formula is C17H18N2O4P+. The molecule has 0 bridgehead atoms. The van der Waals surface area contributed by atoms with Crippen molar-refractivity contribution in [2.45, 2.75) is 12.1 Å². The smallest absolute Gasteiger partial charge is 0.357 e. The molecule has 1 saturated heterocycles. The lowest BCUT2D eigenvalue weighted by molar-refractivity contribution is -0.128. The van der Waals surface area contributed by atoms with E-state index in [0.717, 1.165) is 5.56 Å². The highest BCUT2D eigenvalue weighted by Gasteiger charge is 2.71. The van der Waals surface area contributed by atoms with Gasteiger partial charge in [0.05, 0.1) is 0 Å². The fourth-order valence-electron chi connectivity index (χ4n) is 3.04. The van der Waals surface area contributed by atoms with Crippen LogP contribution in [0.4, 0.5) is 0 Å². The first-order valence-corrected chi connectivity index (χ1v) is 9.20. The molecule has 124 valence electrons. The summed E-state index contributed by atoms with van der Waals surface area (Å²) in [6.45, 7) is 0. The maximum Gasteiger partial charge on any atom is 0.596 e. The van der Waals surface area contributed by atoms with Crippen molar-refractivity contribution < 1.29 is 18.4 Å². The number of amides is 1. The first-order chi connectivity index (χ1) is 11.6. The second-order valence-corrected chi connectivity index (χ2v) is 7.81. The molecule has 4 rings (SSSR count). The van der Waals surface area contributed by atoms with Gasteiger partial charge in [0.15, 0.2) is 0 Å². The van der Waals surface area contributed by atoms with Crippen molar-refractivity contribution in [3.63, 3.8) is 0 Å². The number of nitrogens with one attached hydrogen (secondary N) is 1. The zero-order valence-corrected chi connectivity index (χ0v) is 14.3. The molecule has 6 nitrogen and oxygen atoms in total. The highest BCUT2D eigenvalue weighted by atomic mass is 31.2. The van der Waals surface area contributed by atoms with Gasteiger partial charge < -0.3 is 5.32 Å². The van der Waals surface area contributed by atoms with Crippen LogP contribution in [0.15, 0.2) is 54.6 Å². The largest absolute Gasteiger partial charge is 0.596 e. The molecule has 2 aliphatic heterocycles. The second kappa shape index (κ2) is 5.74. The van der Waals surface area contributed by atoms with E-state index in [1.165, 1.54) is 0 Å². The highest BCUT2D eigenvalue weighted by molar-refractivity contribution is 7.60. The lowest BCUT2D eigenvalue weighted by Crippen LogP contribution is -2.37. The van der Waals surface area contributed by atoms with Crippen LogP contribution in [0.25, 0.3) is 0 Å². The van der Waals surface area contributed by atoms with Crippen LogP contribution in [0.2, 0.25) is 0 Å². The lowest BCUT2D eigenvalue weighted by Gasteiger charge is -2.19. The van der Waals surface area contributed by atoms with Crippen LogP contribution in [-0.4, -0.2) is 30.8 Å². The van der Waals surface area contributed by atoms with Crippen LogP contribution in [0, 0.1) is 0 Å². The third kappa shape index (κ3) is 2.26. The minimum absolute atomic E-state index is 0.198. The van der Waals surface area contributed by atoms with Crippen molar-refractivity contribution in [2.24, 2.45) is 0 Å². The Kier molecular flexibility index (Phi) is 3.68. The van der Waals surface area contributed by atoms with Gasteiger partial charge in [0.1, 0.15) is 6.04 Å². The number of likely N-dealkylation sites (N-methyl/N-ethyl adjacent to an activating group) is 2. The summed E-state index contributed by atoms with van der Waals surface area (Å²) in [4.78, 5) is 12.4. The van der Waals surface area contributed by atoms with Gasteiger partial charge in [-0.3, -0.25) is 13.8 Å². The Morgan fingerprint density at radius 2 is 1.62 bits per heavy atom. The molecule has 7 heteroatoms. The third-order valence-corrected chi connectivity index (χ3v) is 6.61. The molecule has 0 saturated carbocycles. The molecule has 1 amide bonds. The molecule has 0 aromatic heterocycles. The van der Waals surface area contributed by atoms with Gasteiger partial charge >= 0.3 is 8.09 Å². The van der Waals surface area contributed by atoms with E-state index in [2.05, 4.69) is 5.32 Å². The molecular weight excluding hydrogens is 327 g/mol. The van der Waals surface area contributed by atoms with Gasteiger partial charge in [-0.2, -0.15) is 0 Å². The van der Waals surface area contributed by atoms with E-state index in [1.807, 2.05) is 66.3 Å². The average Bonchev–Trinajstić information content (AvgIpc) is 3.13. The number of benzene rings is 2. The van der Waals surface area contributed by atoms with Crippen LogP contribution < -0.4 is 14.4 Å². The van der Waals surface area contributed by atoms with Gasteiger partial charge in [-0.05, 0) is 17.7 Å². The minimum atomic E-state index is -2.84. The number of nitrogens with zero attached hydrogens (tertiary/aromatic N) is 1. The summed E-state index contributed by atoms with van der Waals surface area (Å²) < 4.78 is 20.1. The number of hydrogen-bond acceptors (Lipinski definition) is 5. The molecule has 2 atom stereocenters. The highest BCUT2D eigenvalue weighted by Crippen LogP contribution is 2.75. The summed E-state index contributed by atoms with van der Waals surface area (Å²) in [5.41, 5.74) is 0.980. The molecule has 24 heavy (non-hydrogen) atoms. The zero-order valence-electron chi connectivity index (χ0n) is 13.4. The topological polar surface area (TPSA) is 60.0 Å². The van der Waals surface area contributed by atoms with E-state index < -0.39 is 14.2 Å². The Hall–Kier alpha value is -2.14. The first-order valence-electron chi connectivity index (χ1n) is 7.70. The van der Waals surface area contributed by atoms with Crippen molar-refractivity contribution in [1.29, 1.82) is 0 Å². The van der Waals surface area contributed by atoms with Crippen molar-refractivity contribution >= 4 is 14.0 Å². The molecule has 0 aliphatic carbocycles. The van der Waals surface area contributed by atoms with Crippen LogP contribution in [0.1, 0.15) is 11.6 Å². The number of fused-ring (bicyclic) bond motifs is 1. The molecule has 1 N–H and O–H groups in total. The summed E-state index contributed by atoms with van der Waals surface area (Å²) >= 11 is 0. The molecule has 1 spiro atoms. The molecule has 2 aliphatic rings. The van der Waals surface area contributed by atoms with E-state index in [1.54, 1.807) is 7.05 Å². The summed E-state index contributed by atoms with van der Waals surface area (Å²) in [5.74, 6) is 1.08. The third-order valence-electron chi connectivity index (χ3n) is 4.24. The normalized spacial score (nSPS) is 24.2. The van der Waals surface area contributed by atoms with Crippen LogP contribution in [0.3, 0.4) is 0 Å². The number of hydrogen-bond donors (Lipinski definition) is 1. The Morgan fingerprint density at radius 3 is 2.21 bits per heavy atom. The SMILES string of the molecule is CNC(=O)C1O[P+]2(Oc3ccccc3O2)N(C)C1c1ccccc1. The Labute approximate surface area is 141 Å². The van der Waals surface area contributed by atoms with Gasteiger partial charge in [-0.25, -0.2) is 0 Å². The molecule has 2 aromatic rings. The van der Waals surface area contributed by atoms with Gasteiger partial charge in [0.25, 0.3) is 5.91 Å². The lowest BCUT2D eigenvalue weighted by atomic mass is 10.0. The Morgan fingerprint density at radius 1 is 1.04 bits per heavy atom. The maximum absolute atomic E-state index is 12.4. The average molecular weight is 345 g/mol. The first kappa shape index (κ1) is 15.4. The van der Waals surface area contributed by atoms with E-state index in [0.29, 0.717) is 11.5 Å². The second-order valence-electron chi connectivity index (χ2n) is 5.67. The van der Waals surface area contributed by atoms with E-state index in [-0.39, 0.29) is 11.9 Å². The van der Waals surface area contributed by atoms with E-state index in [4.69, 9.17) is 13.6 Å². The minimum Gasteiger partial charge on any atom is -0.357 e. The summed E-state index contributed by atoms with van der Waals surface area (Å²) in [6.07, 6.45) is -0.704. The van der Waals surface area contributed by atoms with E-state index in [9.17, 15) is 4.79 Å². The fraction of sp³-hybridized carbons (Fsp3) is 0.235. The molecule has 0 radical (unpaired) electrons. The standard InChI is InChI=1S/C17H17N2O4P/c1-18-17(20)16-15(12-8-4-3-5-9-12)19(2)24(23-16)21-13-10-6-7-11-14(13)22-24/h3-11,15-16H,1-2H3/p+1. The van der Waals surface area contributed by atoms with Gasteiger partial charge in [0, 0.05) is 14.1 Å². The summed E-state index contributed by atoms with van der Waals surface area (Å²) in [6, 6.07) is 16.9. The number of carbonyl (C=O) groups excluding carboxylic acids is 1. The quantitative estimate of drug-likeness (QED) is 0.848. The fourth-order valence-corrected chi connectivity index (χ4v) is 5.42. The maximum atomic E-state index is 12.4. The molecule has 2 aromatic carbocycles. The number of para-hydroxylation sites is 2. The Bertz CT molecular complexity index is 745. The van der Waals surface area contributed by atoms with Gasteiger partial charge in [-0.1, -0.05) is 47.1 Å². The molecule has 2 unspecified atom stereocenters. The van der Waals surface area contributed by atoms with Crippen LogP contribution in [0.5, 0.6) is 11.5 Å². The zero-order chi connectivity index (χ0) is 16.7. The van der Waals surface area contributed by atoms with Crippen LogP contribution >= 0.6 is 8.09 Å². The van der Waals surface area contributed by atoms with Crippen LogP contribution in [-0.2, 0) is 9.32 Å². The van der Waals surface area contributed by atoms with Crippen molar-refractivity contribution in [3.05, 3.63) is 60.2 Å². The number of carbonyl (C=O) groups is 1. The van der Waals surface area contributed by atoms with Gasteiger partial charge in [-0.15, -0.1) is 4.52 Å². The summed E-state index contributed by atoms with van der Waals surface area (Å²) in [7, 11) is 0.632. The molecule has 2 heterocycles. The van der Waals surface area contributed by atoms with Crippen molar-refractivity contribution in [1.82, 2.24) is 9.99 Å². The van der Waals surface area contributed by atoms with Crippen molar-refractivity contribution in [2.75, 3.05) is 14.1 Å².